The number of halogens is 1. The average molecular weight is 284 g/mol. The summed E-state index contributed by atoms with van der Waals surface area (Å²) in [6.45, 7) is 0.176. The minimum absolute atomic E-state index is 0.0704. The number of hydrogen-bond donors (Lipinski definition) is 3. The highest BCUT2D eigenvalue weighted by Crippen LogP contribution is 2.17. The van der Waals surface area contributed by atoms with Crippen molar-refractivity contribution in [3.8, 4) is 0 Å². The van der Waals surface area contributed by atoms with Crippen molar-refractivity contribution in [3.63, 3.8) is 0 Å². The van der Waals surface area contributed by atoms with Gasteiger partial charge in [-0.25, -0.2) is 4.98 Å². The molecule has 2 rings (SSSR count). The molecular weight excluding hydrogens is 274 g/mol. The van der Waals surface area contributed by atoms with E-state index in [1.807, 2.05) is 6.07 Å². The first kappa shape index (κ1) is 11.1. The van der Waals surface area contributed by atoms with Gasteiger partial charge in [-0.3, -0.25) is 4.79 Å². The van der Waals surface area contributed by atoms with Gasteiger partial charge in [0.25, 0.3) is 5.91 Å². The van der Waals surface area contributed by atoms with Crippen LogP contribution in [-0.4, -0.2) is 34.1 Å². The topological polar surface area (TPSA) is 78.0 Å². The number of carbonyl (C=O) groups is 1. The second-order valence-corrected chi connectivity index (χ2v) is 4.07. The van der Waals surface area contributed by atoms with Crippen LogP contribution in [0.5, 0.6) is 0 Å². The predicted molar refractivity (Wildman–Crippen MR) is 63.2 cm³/mol. The molecule has 0 saturated heterocycles. The minimum atomic E-state index is -0.235. The van der Waals surface area contributed by atoms with Gasteiger partial charge in [0.15, 0.2) is 0 Å². The zero-order valence-corrected chi connectivity index (χ0v) is 9.91. The van der Waals surface area contributed by atoms with E-state index in [-0.39, 0.29) is 19.1 Å². The molecule has 0 atom stereocenters. The minimum Gasteiger partial charge on any atom is -0.395 e. The normalized spacial score (nSPS) is 10.6. The van der Waals surface area contributed by atoms with Gasteiger partial charge in [0.2, 0.25) is 0 Å². The van der Waals surface area contributed by atoms with Gasteiger partial charge in [-0.05, 0) is 28.1 Å². The van der Waals surface area contributed by atoms with E-state index in [0.29, 0.717) is 5.69 Å². The van der Waals surface area contributed by atoms with Gasteiger partial charge in [-0.1, -0.05) is 0 Å². The van der Waals surface area contributed by atoms with Crippen molar-refractivity contribution in [1.29, 1.82) is 0 Å². The van der Waals surface area contributed by atoms with Crippen LogP contribution in [0.3, 0.4) is 0 Å². The molecule has 0 aliphatic carbocycles. The molecule has 0 bridgehead atoms. The Hall–Kier alpha value is -1.40. The fourth-order valence-electron chi connectivity index (χ4n) is 1.39. The largest absolute Gasteiger partial charge is 0.395 e. The van der Waals surface area contributed by atoms with Crippen molar-refractivity contribution in [2.24, 2.45) is 0 Å². The van der Waals surface area contributed by atoms with Crippen molar-refractivity contribution >= 4 is 32.7 Å². The lowest BCUT2D eigenvalue weighted by Gasteiger charge is -1.99. The zero-order valence-electron chi connectivity index (χ0n) is 8.33. The summed E-state index contributed by atoms with van der Waals surface area (Å²) in [6, 6.07) is 3.57. The van der Waals surface area contributed by atoms with E-state index in [1.165, 1.54) is 0 Å². The summed E-state index contributed by atoms with van der Waals surface area (Å²) in [5, 5.41) is 12.1. The van der Waals surface area contributed by atoms with Crippen molar-refractivity contribution < 1.29 is 9.90 Å². The molecule has 0 radical (unpaired) electrons. The number of aliphatic hydroxyl groups excluding tert-OH is 1. The molecule has 0 aliphatic heterocycles. The van der Waals surface area contributed by atoms with E-state index in [0.717, 1.165) is 15.5 Å². The first-order chi connectivity index (χ1) is 7.70. The second-order valence-electron chi connectivity index (χ2n) is 3.26. The molecule has 6 heteroatoms. The number of carbonyl (C=O) groups excluding carboxylic acids is 1. The van der Waals surface area contributed by atoms with E-state index < -0.39 is 0 Å². The van der Waals surface area contributed by atoms with E-state index >= 15 is 0 Å². The van der Waals surface area contributed by atoms with Crippen LogP contribution in [0.15, 0.2) is 22.9 Å². The van der Waals surface area contributed by atoms with Gasteiger partial charge >= 0.3 is 0 Å². The quantitative estimate of drug-likeness (QED) is 0.737. The lowest BCUT2D eigenvalue weighted by molar-refractivity contribution is 0.0940. The number of fused-ring (bicyclic) bond motifs is 1. The number of rotatable bonds is 3. The summed E-state index contributed by atoms with van der Waals surface area (Å²) in [5.41, 5.74) is 1.26. The van der Waals surface area contributed by atoms with Crippen LogP contribution in [0.2, 0.25) is 0 Å². The van der Waals surface area contributed by atoms with Crippen LogP contribution in [0.25, 0.3) is 10.9 Å². The fourth-order valence-corrected chi connectivity index (χ4v) is 1.74. The Morgan fingerprint density at radius 2 is 2.38 bits per heavy atom. The molecule has 0 aliphatic rings. The number of pyridine rings is 1. The third-order valence-corrected chi connectivity index (χ3v) is 2.55. The summed E-state index contributed by atoms with van der Waals surface area (Å²) in [6.07, 6.45) is 1.65. The smallest absolute Gasteiger partial charge is 0.267 e. The lowest BCUT2D eigenvalue weighted by atomic mass is 10.3. The summed E-state index contributed by atoms with van der Waals surface area (Å²) >= 11 is 3.26. The first-order valence-corrected chi connectivity index (χ1v) is 5.53. The molecule has 3 N–H and O–H groups in total. The van der Waals surface area contributed by atoms with Gasteiger partial charge < -0.3 is 15.4 Å². The highest BCUT2D eigenvalue weighted by Gasteiger charge is 2.08. The Morgan fingerprint density at radius 1 is 1.56 bits per heavy atom. The predicted octanol–water partition coefficient (Wildman–Crippen LogP) is 1.05. The van der Waals surface area contributed by atoms with Crippen LogP contribution in [0.1, 0.15) is 10.5 Å². The maximum atomic E-state index is 11.6. The number of aliphatic hydroxyl groups is 1. The Kier molecular flexibility index (Phi) is 3.21. The molecule has 2 aromatic heterocycles. The van der Waals surface area contributed by atoms with Gasteiger partial charge in [0.1, 0.15) is 10.3 Å². The lowest BCUT2D eigenvalue weighted by Crippen LogP contribution is -2.26. The molecule has 0 unspecified atom stereocenters. The molecular formula is C10H10BrN3O2. The van der Waals surface area contributed by atoms with Gasteiger partial charge in [-0.2, -0.15) is 0 Å². The van der Waals surface area contributed by atoms with Crippen molar-refractivity contribution in [1.82, 2.24) is 15.3 Å². The monoisotopic (exact) mass is 283 g/mol. The summed E-state index contributed by atoms with van der Waals surface area (Å²) in [7, 11) is 0. The molecule has 2 heterocycles. The van der Waals surface area contributed by atoms with E-state index in [2.05, 4.69) is 31.2 Å². The van der Waals surface area contributed by atoms with Crippen LogP contribution < -0.4 is 5.32 Å². The Bertz CT molecular complexity index is 524. The Morgan fingerprint density at radius 3 is 3.12 bits per heavy atom. The van der Waals surface area contributed by atoms with Gasteiger partial charge in [-0.15, -0.1) is 0 Å². The standard InChI is InChI=1S/C10H10BrN3O2/c11-9-4-6-3-7(10(16)12-1-2-15)14-8(6)5-13-9/h3-5,14-15H,1-2H2,(H,12,16). The Labute approximate surface area is 100 Å². The number of H-pyrrole nitrogens is 1. The number of nitrogens with zero attached hydrogens (tertiary/aromatic N) is 1. The highest BCUT2D eigenvalue weighted by molar-refractivity contribution is 9.10. The van der Waals surface area contributed by atoms with Crippen LogP contribution in [-0.2, 0) is 0 Å². The maximum Gasteiger partial charge on any atom is 0.267 e. The maximum absolute atomic E-state index is 11.6. The third kappa shape index (κ3) is 2.23. The number of amides is 1. The Balaban J connectivity index is 2.28. The molecule has 0 saturated carbocycles. The van der Waals surface area contributed by atoms with E-state index in [4.69, 9.17) is 5.11 Å². The molecule has 2 aromatic rings. The summed E-state index contributed by atoms with van der Waals surface area (Å²) < 4.78 is 0.723. The molecule has 0 aromatic carbocycles. The molecule has 1 amide bonds. The second kappa shape index (κ2) is 4.63. The number of aromatic amines is 1. The first-order valence-electron chi connectivity index (χ1n) is 4.74. The molecule has 0 spiro atoms. The number of hydrogen-bond acceptors (Lipinski definition) is 3. The highest BCUT2D eigenvalue weighted by atomic mass is 79.9. The van der Waals surface area contributed by atoms with Gasteiger partial charge in [0.05, 0.1) is 18.3 Å². The molecule has 5 nitrogen and oxygen atoms in total. The third-order valence-electron chi connectivity index (χ3n) is 2.11. The summed E-state index contributed by atoms with van der Waals surface area (Å²) in [5.74, 6) is -0.235. The molecule has 0 fully saturated rings. The number of nitrogens with one attached hydrogen (secondary N) is 2. The van der Waals surface area contributed by atoms with Crippen LogP contribution in [0, 0.1) is 0 Å². The SMILES string of the molecule is O=C(NCCO)c1cc2cc(Br)ncc2[nH]1. The fraction of sp³-hybridized carbons (Fsp3) is 0.200. The van der Waals surface area contributed by atoms with E-state index in [9.17, 15) is 4.79 Å². The van der Waals surface area contributed by atoms with Gasteiger partial charge in [0, 0.05) is 11.9 Å². The van der Waals surface area contributed by atoms with E-state index in [1.54, 1.807) is 12.3 Å². The van der Waals surface area contributed by atoms with Crippen molar-refractivity contribution in [2.45, 2.75) is 0 Å². The molecule has 16 heavy (non-hydrogen) atoms. The van der Waals surface area contributed by atoms with Crippen LogP contribution >= 0.6 is 15.9 Å². The van der Waals surface area contributed by atoms with Crippen molar-refractivity contribution in [2.75, 3.05) is 13.2 Å². The zero-order chi connectivity index (χ0) is 11.5. The summed E-state index contributed by atoms with van der Waals surface area (Å²) in [4.78, 5) is 18.6. The van der Waals surface area contributed by atoms with Crippen LogP contribution in [0.4, 0.5) is 0 Å². The van der Waals surface area contributed by atoms with Crippen molar-refractivity contribution in [3.05, 3.63) is 28.6 Å². The molecule has 84 valence electrons. The average Bonchev–Trinajstić information content (AvgIpc) is 2.68. The number of aromatic nitrogens is 2.